The average Bonchev–Trinajstić information content (AvgIpc) is 2.47. The molecule has 1 atom stereocenters. The first-order valence-electron chi connectivity index (χ1n) is 8.34. The van der Waals surface area contributed by atoms with Crippen LogP contribution in [0.4, 0.5) is 4.79 Å². The topological polar surface area (TPSA) is 64.6 Å². The molecule has 0 radical (unpaired) electrons. The number of ether oxygens (including phenoxy) is 2. The molecule has 0 fully saturated rings. The van der Waals surface area contributed by atoms with E-state index in [2.05, 4.69) is 11.9 Å². The van der Waals surface area contributed by atoms with Gasteiger partial charge in [0.2, 0.25) is 0 Å². The third kappa shape index (κ3) is 10.6. The molecule has 1 N–H and O–H groups in total. The molecule has 0 aliphatic rings. The number of alkyl carbamates (subject to hydrolysis) is 1. The maximum atomic E-state index is 12.2. The Hall–Kier alpha value is -2.04. The summed E-state index contributed by atoms with van der Waals surface area (Å²) in [5.41, 5.74) is 0.212. The summed E-state index contributed by atoms with van der Waals surface area (Å²) in [5, 5.41) is 2.60. The molecule has 0 aromatic heterocycles. The van der Waals surface area contributed by atoms with Crippen LogP contribution in [0, 0.1) is 0 Å². The van der Waals surface area contributed by atoms with Gasteiger partial charge in [0, 0.05) is 0 Å². The Morgan fingerprint density at radius 1 is 1.29 bits per heavy atom. The van der Waals surface area contributed by atoms with E-state index in [4.69, 9.17) is 9.47 Å². The van der Waals surface area contributed by atoms with Gasteiger partial charge in [-0.2, -0.15) is 0 Å². The highest BCUT2D eigenvalue weighted by Crippen LogP contribution is 2.12. The minimum atomic E-state index is -0.703. The SMILES string of the molecule is C=CC=C(C=CC)COC(=O)NC(CCCC)C(=O)OC(C)(C)C. The number of unbranched alkanes of at least 4 members (excludes halogenated alkanes) is 1. The lowest BCUT2D eigenvalue weighted by molar-refractivity contribution is -0.157. The Balaban J connectivity index is 4.71. The second-order valence-corrected chi connectivity index (χ2v) is 6.43. The highest BCUT2D eigenvalue weighted by molar-refractivity contribution is 5.81. The van der Waals surface area contributed by atoms with Crippen molar-refractivity contribution in [3.05, 3.63) is 36.5 Å². The van der Waals surface area contributed by atoms with Crippen molar-refractivity contribution in [3.8, 4) is 0 Å². The Bertz CT molecular complexity index is 472. The molecule has 0 aliphatic heterocycles. The maximum Gasteiger partial charge on any atom is 0.408 e. The third-order valence-electron chi connectivity index (χ3n) is 2.91. The van der Waals surface area contributed by atoms with Crippen LogP contribution < -0.4 is 5.32 Å². The van der Waals surface area contributed by atoms with Crippen molar-refractivity contribution in [1.82, 2.24) is 5.32 Å². The standard InChI is InChI=1S/C19H31NO4/c1-7-10-13-16(17(21)24-19(4,5)6)20-18(22)23-14-15(11-8-2)12-9-3/h8-9,11-12,16H,2,7,10,13-14H2,1,3-6H3,(H,20,22). The number of carbonyl (C=O) groups excluding carboxylic acids is 2. The Morgan fingerprint density at radius 3 is 2.46 bits per heavy atom. The molecule has 24 heavy (non-hydrogen) atoms. The normalized spacial score (nSPS) is 13.5. The Morgan fingerprint density at radius 2 is 1.96 bits per heavy atom. The van der Waals surface area contributed by atoms with E-state index in [1.54, 1.807) is 32.9 Å². The van der Waals surface area contributed by atoms with Gasteiger partial charge in [-0.1, -0.05) is 50.6 Å². The van der Waals surface area contributed by atoms with Crippen LogP contribution in [-0.2, 0) is 14.3 Å². The second-order valence-electron chi connectivity index (χ2n) is 6.43. The summed E-state index contributed by atoms with van der Waals surface area (Å²) in [6.07, 6.45) is 8.68. The first kappa shape index (κ1) is 22.0. The molecule has 0 heterocycles. The van der Waals surface area contributed by atoms with E-state index >= 15 is 0 Å². The number of esters is 1. The molecule has 5 heteroatoms. The van der Waals surface area contributed by atoms with Crippen LogP contribution in [0.1, 0.15) is 53.9 Å². The van der Waals surface area contributed by atoms with Crippen molar-refractivity contribution in [1.29, 1.82) is 0 Å². The number of allylic oxidation sites excluding steroid dienone is 3. The van der Waals surface area contributed by atoms with Crippen LogP contribution in [0.15, 0.2) is 36.5 Å². The summed E-state index contributed by atoms with van der Waals surface area (Å²) >= 11 is 0. The summed E-state index contributed by atoms with van der Waals surface area (Å²) < 4.78 is 10.5. The zero-order chi connectivity index (χ0) is 18.6. The lowest BCUT2D eigenvalue weighted by Crippen LogP contribution is -2.44. The lowest BCUT2D eigenvalue weighted by Gasteiger charge is -2.24. The van der Waals surface area contributed by atoms with Crippen LogP contribution in [0.25, 0.3) is 0 Å². The summed E-state index contributed by atoms with van der Waals surface area (Å²) in [6.45, 7) is 13.0. The minimum absolute atomic E-state index is 0.108. The first-order valence-corrected chi connectivity index (χ1v) is 8.34. The summed E-state index contributed by atoms with van der Waals surface area (Å²) in [6, 6.07) is -0.703. The number of hydrogen-bond donors (Lipinski definition) is 1. The molecule has 0 aromatic rings. The molecular formula is C19H31NO4. The summed E-state index contributed by atoms with van der Waals surface area (Å²) in [4.78, 5) is 24.2. The van der Waals surface area contributed by atoms with Crippen molar-refractivity contribution in [2.24, 2.45) is 0 Å². The van der Waals surface area contributed by atoms with E-state index in [-0.39, 0.29) is 6.61 Å². The summed E-state index contributed by atoms with van der Waals surface area (Å²) in [7, 11) is 0. The van der Waals surface area contributed by atoms with Crippen LogP contribution in [-0.4, -0.2) is 30.3 Å². The summed E-state index contributed by atoms with van der Waals surface area (Å²) in [5.74, 6) is -0.441. The molecule has 0 rings (SSSR count). The van der Waals surface area contributed by atoms with Crippen LogP contribution in [0.5, 0.6) is 0 Å². The molecule has 0 bridgehead atoms. The number of nitrogens with one attached hydrogen (secondary N) is 1. The van der Waals surface area contributed by atoms with E-state index in [1.807, 2.05) is 26.0 Å². The van der Waals surface area contributed by atoms with Crippen molar-refractivity contribution >= 4 is 12.1 Å². The van der Waals surface area contributed by atoms with Gasteiger partial charge in [0.05, 0.1) is 0 Å². The molecule has 0 saturated heterocycles. The van der Waals surface area contributed by atoms with Crippen molar-refractivity contribution < 1.29 is 19.1 Å². The zero-order valence-corrected chi connectivity index (χ0v) is 15.6. The van der Waals surface area contributed by atoms with Gasteiger partial charge in [0.15, 0.2) is 0 Å². The highest BCUT2D eigenvalue weighted by Gasteiger charge is 2.26. The molecule has 0 spiro atoms. The first-order chi connectivity index (χ1) is 11.2. The number of amides is 1. The fourth-order valence-electron chi connectivity index (χ4n) is 1.88. The molecular weight excluding hydrogens is 306 g/mol. The van der Waals surface area contributed by atoms with Gasteiger partial charge in [0.25, 0.3) is 0 Å². The van der Waals surface area contributed by atoms with E-state index in [1.165, 1.54) is 0 Å². The maximum absolute atomic E-state index is 12.2. The van der Waals surface area contributed by atoms with Gasteiger partial charge in [0.1, 0.15) is 18.2 Å². The second kappa shape index (κ2) is 11.5. The van der Waals surface area contributed by atoms with Gasteiger partial charge in [-0.15, -0.1) is 0 Å². The molecule has 0 aromatic carbocycles. The quantitative estimate of drug-likeness (QED) is 0.503. The fourth-order valence-corrected chi connectivity index (χ4v) is 1.88. The number of carbonyl (C=O) groups is 2. The van der Waals surface area contributed by atoms with Crippen molar-refractivity contribution in [2.45, 2.75) is 65.5 Å². The number of rotatable bonds is 9. The molecule has 136 valence electrons. The van der Waals surface area contributed by atoms with Crippen LogP contribution in [0.3, 0.4) is 0 Å². The zero-order valence-electron chi connectivity index (χ0n) is 15.6. The average molecular weight is 337 g/mol. The number of hydrogen-bond acceptors (Lipinski definition) is 4. The van der Waals surface area contributed by atoms with Gasteiger partial charge in [-0.3, -0.25) is 0 Å². The molecule has 5 nitrogen and oxygen atoms in total. The van der Waals surface area contributed by atoms with E-state index in [0.717, 1.165) is 18.4 Å². The van der Waals surface area contributed by atoms with E-state index in [9.17, 15) is 9.59 Å². The van der Waals surface area contributed by atoms with Crippen LogP contribution >= 0.6 is 0 Å². The molecule has 0 aliphatic carbocycles. The molecule has 1 unspecified atom stereocenters. The van der Waals surface area contributed by atoms with E-state index < -0.39 is 23.7 Å². The lowest BCUT2D eigenvalue weighted by atomic mass is 10.1. The van der Waals surface area contributed by atoms with Gasteiger partial charge in [-0.25, -0.2) is 9.59 Å². The predicted octanol–water partition coefficient (Wildman–Crippen LogP) is 4.30. The van der Waals surface area contributed by atoms with Gasteiger partial charge in [-0.05, 0) is 39.7 Å². The van der Waals surface area contributed by atoms with Gasteiger partial charge >= 0.3 is 12.1 Å². The smallest absolute Gasteiger partial charge is 0.408 e. The largest absolute Gasteiger partial charge is 0.458 e. The van der Waals surface area contributed by atoms with Crippen LogP contribution in [0.2, 0.25) is 0 Å². The predicted molar refractivity (Wildman–Crippen MR) is 96.7 cm³/mol. The molecule has 0 saturated carbocycles. The Labute approximate surface area is 145 Å². The van der Waals surface area contributed by atoms with Gasteiger partial charge < -0.3 is 14.8 Å². The monoisotopic (exact) mass is 337 g/mol. The van der Waals surface area contributed by atoms with Crippen molar-refractivity contribution in [3.63, 3.8) is 0 Å². The third-order valence-corrected chi connectivity index (χ3v) is 2.91. The minimum Gasteiger partial charge on any atom is -0.458 e. The van der Waals surface area contributed by atoms with Crippen molar-refractivity contribution in [2.75, 3.05) is 6.61 Å². The highest BCUT2D eigenvalue weighted by atomic mass is 16.6. The van der Waals surface area contributed by atoms with E-state index in [0.29, 0.717) is 6.42 Å². The molecule has 1 amide bonds. The Kier molecular flexibility index (Phi) is 10.5. The fraction of sp³-hybridized carbons (Fsp3) is 0.579.